The van der Waals surface area contributed by atoms with Gasteiger partial charge in [0.2, 0.25) is 0 Å². The van der Waals surface area contributed by atoms with Crippen molar-refractivity contribution in [2.45, 2.75) is 38.3 Å². The molecule has 0 aromatic rings. The SMILES string of the molecule is CC(N)=NCCCC[C@H](N)[C@@H](O)CO. The van der Waals surface area contributed by atoms with Crippen LogP contribution in [-0.4, -0.2) is 41.3 Å². The number of aliphatic imine (C=N–C) groups is 1. The molecule has 0 aliphatic carbocycles. The molecule has 2 atom stereocenters. The second kappa shape index (κ2) is 7.73. The summed E-state index contributed by atoms with van der Waals surface area (Å²) in [5.74, 6) is 0.588. The number of rotatable bonds is 7. The highest BCUT2D eigenvalue weighted by Gasteiger charge is 2.12. The summed E-state index contributed by atoms with van der Waals surface area (Å²) >= 11 is 0. The van der Waals surface area contributed by atoms with E-state index in [1.807, 2.05) is 0 Å². The number of unbranched alkanes of at least 4 members (excludes halogenated alkanes) is 1. The number of aliphatic hydroxyl groups is 2. The van der Waals surface area contributed by atoms with Gasteiger partial charge in [0.05, 0.1) is 18.5 Å². The second-order valence-electron chi connectivity index (χ2n) is 3.43. The quantitative estimate of drug-likeness (QED) is 0.247. The highest BCUT2D eigenvalue weighted by atomic mass is 16.3. The van der Waals surface area contributed by atoms with Crippen LogP contribution in [0.1, 0.15) is 26.2 Å². The fraction of sp³-hybridized carbons (Fsp3) is 0.889. The van der Waals surface area contributed by atoms with Gasteiger partial charge in [-0.3, -0.25) is 4.99 Å². The maximum atomic E-state index is 9.15. The zero-order chi connectivity index (χ0) is 11.0. The predicted octanol–water partition coefficient (Wildman–Crippen LogP) is -0.786. The fourth-order valence-electron chi connectivity index (χ4n) is 1.08. The Hall–Kier alpha value is -0.650. The van der Waals surface area contributed by atoms with Gasteiger partial charge in [-0.25, -0.2) is 0 Å². The molecule has 0 amide bonds. The highest BCUT2D eigenvalue weighted by Crippen LogP contribution is 2.02. The van der Waals surface area contributed by atoms with Crippen LogP contribution in [0.4, 0.5) is 0 Å². The number of nitrogens with two attached hydrogens (primary N) is 2. The van der Waals surface area contributed by atoms with Crippen LogP contribution in [0.5, 0.6) is 0 Å². The van der Waals surface area contributed by atoms with Gasteiger partial charge in [0.25, 0.3) is 0 Å². The van der Waals surface area contributed by atoms with Gasteiger partial charge in [0.1, 0.15) is 0 Å². The van der Waals surface area contributed by atoms with Crippen LogP contribution in [0.25, 0.3) is 0 Å². The van der Waals surface area contributed by atoms with E-state index in [4.69, 9.17) is 21.7 Å². The molecule has 0 saturated heterocycles. The zero-order valence-electron chi connectivity index (χ0n) is 8.69. The van der Waals surface area contributed by atoms with Crippen molar-refractivity contribution in [3.05, 3.63) is 0 Å². The van der Waals surface area contributed by atoms with Crippen LogP contribution in [0.3, 0.4) is 0 Å². The summed E-state index contributed by atoms with van der Waals surface area (Å²) in [6, 6.07) is -0.344. The maximum absolute atomic E-state index is 9.15. The lowest BCUT2D eigenvalue weighted by atomic mass is 10.1. The molecule has 0 spiro atoms. The molecule has 0 rings (SSSR count). The molecule has 0 heterocycles. The van der Waals surface area contributed by atoms with E-state index in [1.165, 1.54) is 0 Å². The summed E-state index contributed by atoms with van der Waals surface area (Å²) in [5, 5.41) is 17.8. The normalized spacial score (nSPS) is 16.7. The van der Waals surface area contributed by atoms with Crippen LogP contribution >= 0.6 is 0 Å². The third-order valence-corrected chi connectivity index (χ3v) is 1.99. The zero-order valence-corrected chi connectivity index (χ0v) is 8.69. The molecule has 0 bridgehead atoms. The molecule has 0 saturated carbocycles. The molecule has 0 aliphatic rings. The van der Waals surface area contributed by atoms with Crippen molar-refractivity contribution in [3.63, 3.8) is 0 Å². The molecule has 5 heteroatoms. The lowest BCUT2D eigenvalue weighted by Gasteiger charge is -2.15. The van der Waals surface area contributed by atoms with Crippen molar-refractivity contribution in [1.29, 1.82) is 0 Å². The van der Waals surface area contributed by atoms with E-state index in [-0.39, 0.29) is 12.6 Å². The number of aliphatic hydroxyl groups excluding tert-OH is 2. The maximum Gasteiger partial charge on any atom is 0.0921 e. The molecule has 0 fully saturated rings. The lowest BCUT2D eigenvalue weighted by Crippen LogP contribution is -2.37. The van der Waals surface area contributed by atoms with Crippen molar-refractivity contribution < 1.29 is 10.2 Å². The molecule has 0 aromatic carbocycles. The minimum absolute atomic E-state index is 0.277. The van der Waals surface area contributed by atoms with Gasteiger partial charge in [-0.15, -0.1) is 0 Å². The van der Waals surface area contributed by atoms with Gasteiger partial charge in [0, 0.05) is 12.6 Å². The van der Waals surface area contributed by atoms with Crippen molar-refractivity contribution in [1.82, 2.24) is 0 Å². The van der Waals surface area contributed by atoms with Crippen molar-refractivity contribution in [2.75, 3.05) is 13.2 Å². The molecule has 14 heavy (non-hydrogen) atoms. The third kappa shape index (κ3) is 6.82. The van der Waals surface area contributed by atoms with Crippen LogP contribution in [0.15, 0.2) is 4.99 Å². The first-order valence-electron chi connectivity index (χ1n) is 4.89. The van der Waals surface area contributed by atoms with Crippen LogP contribution in [-0.2, 0) is 0 Å². The van der Waals surface area contributed by atoms with E-state index in [2.05, 4.69) is 4.99 Å². The van der Waals surface area contributed by atoms with E-state index < -0.39 is 6.10 Å². The highest BCUT2D eigenvalue weighted by molar-refractivity contribution is 5.77. The second-order valence-corrected chi connectivity index (χ2v) is 3.43. The molecule has 5 nitrogen and oxygen atoms in total. The van der Waals surface area contributed by atoms with E-state index in [0.717, 1.165) is 12.8 Å². The standard InChI is InChI=1S/C9H21N3O2/c1-7(10)12-5-3-2-4-8(11)9(14)6-13/h8-9,13-14H,2-6,11H2,1H3,(H2,10,12)/t8-,9-/m0/s1. The fourth-order valence-corrected chi connectivity index (χ4v) is 1.08. The Balaban J connectivity index is 3.40. The summed E-state index contributed by atoms with van der Waals surface area (Å²) in [6.45, 7) is 2.17. The minimum atomic E-state index is -0.810. The Morgan fingerprint density at radius 1 is 1.43 bits per heavy atom. The van der Waals surface area contributed by atoms with Gasteiger partial charge in [-0.2, -0.15) is 0 Å². The summed E-state index contributed by atoms with van der Waals surface area (Å²) in [6.07, 6.45) is 1.67. The van der Waals surface area contributed by atoms with E-state index in [9.17, 15) is 0 Å². The first-order chi connectivity index (χ1) is 6.57. The largest absolute Gasteiger partial charge is 0.394 e. The number of hydrogen-bond acceptors (Lipinski definition) is 4. The minimum Gasteiger partial charge on any atom is -0.394 e. The molecule has 6 N–H and O–H groups in total. The smallest absolute Gasteiger partial charge is 0.0921 e. The molecule has 0 unspecified atom stereocenters. The molecule has 84 valence electrons. The van der Waals surface area contributed by atoms with Crippen LogP contribution in [0.2, 0.25) is 0 Å². The van der Waals surface area contributed by atoms with Gasteiger partial charge in [-0.05, 0) is 26.2 Å². The first kappa shape index (κ1) is 13.4. The Morgan fingerprint density at radius 3 is 2.57 bits per heavy atom. The lowest BCUT2D eigenvalue weighted by molar-refractivity contribution is 0.0712. The Kier molecular flexibility index (Phi) is 7.37. The predicted molar refractivity (Wildman–Crippen MR) is 57.1 cm³/mol. The van der Waals surface area contributed by atoms with Gasteiger partial charge < -0.3 is 21.7 Å². The summed E-state index contributed by atoms with van der Waals surface area (Å²) < 4.78 is 0. The van der Waals surface area contributed by atoms with Crippen LogP contribution < -0.4 is 11.5 Å². The summed E-state index contributed by atoms with van der Waals surface area (Å²) in [5.41, 5.74) is 11.0. The van der Waals surface area contributed by atoms with Crippen molar-refractivity contribution in [3.8, 4) is 0 Å². The average molecular weight is 203 g/mol. The molecular formula is C9H21N3O2. The van der Waals surface area contributed by atoms with E-state index in [1.54, 1.807) is 6.92 Å². The molecule has 0 aromatic heterocycles. The Labute approximate surface area is 84.8 Å². The van der Waals surface area contributed by atoms with E-state index >= 15 is 0 Å². The average Bonchev–Trinajstić information content (AvgIpc) is 2.15. The monoisotopic (exact) mass is 203 g/mol. The molecule has 0 radical (unpaired) electrons. The van der Waals surface area contributed by atoms with Gasteiger partial charge >= 0.3 is 0 Å². The van der Waals surface area contributed by atoms with Gasteiger partial charge in [0.15, 0.2) is 0 Å². The van der Waals surface area contributed by atoms with Crippen molar-refractivity contribution in [2.24, 2.45) is 16.5 Å². The molecule has 0 aliphatic heterocycles. The summed E-state index contributed by atoms with van der Waals surface area (Å²) in [7, 11) is 0. The Bertz CT molecular complexity index is 169. The van der Waals surface area contributed by atoms with Crippen LogP contribution in [0, 0.1) is 0 Å². The first-order valence-corrected chi connectivity index (χ1v) is 4.89. The van der Waals surface area contributed by atoms with Gasteiger partial charge in [-0.1, -0.05) is 0 Å². The number of amidine groups is 1. The third-order valence-electron chi connectivity index (χ3n) is 1.99. The topological polar surface area (TPSA) is 105 Å². The van der Waals surface area contributed by atoms with Crippen molar-refractivity contribution >= 4 is 5.84 Å². The van der Waals surface area contributed by atoms with E-state index in [0.29, 0.717) is 18.8 Å². The summed E-state index contributed by atoms with van der Waals surface area (Å²) in [4.78, 5) is 4.03. The Morgan fingerprint density at radius 2 is 2.07 bits per heavy atom. The number of nitrogens with zero attached hydrogens (tertiary/aromatic N) is 1. The molecular weight excluding hydrogens is 182 g/mol. The number of hydrogen-bond donors (Lipinski definition) is 4.